The van der Waals surface area contributed by atoms with Crippen LogP contribution in [0.5, 0.6) is 0 Å². The molecule has 0 bridgehead atoms. The maximum atomic E-state index is 14.7. The molecular formula is C22H17FN2O3S. The number of Topliss-reactive ketones (excluding diaryl/α,β-unsaturated/α-hetero) is 1. The van der Waals surface area contributed by atoms with Crippen LogP contribution in [0, 0.1) is 19.7 Å². The minimum atomic E-state index is -1.11. The van der Waals surface area contributed by atoms with Crippen molar-refractivity contribution in [2.75, 3.05) is 4.90 Å². The van der Waals surface area contributed by atoms with Crippen LogP contribution in [-0.4, -0.2) is 21.8 Å². The number of hydrogen-bond donors (Lipinski definition) is 1. The Morgan fingerprint density at radius 2 is 1.72 bits per heavy atom. The van der Waals surface area contributed by atoms with Gasteiger partial charge in [0, 0.05) is 16.0 Å². The lowest BCUT2D eigenvalue weighted by atomic mass is 9.95. The lowest BCUT2D eigenvalue weighted by Crippen LogP contribution is -2.29. The van der Waals surface area contributed by atoms with Gasteiger partial charge in [0.1, 0.15) is 17.6 Å². The fraction of sp³-hybridized carbons (Fsp3) is 0.136. The topological polar surface area (TPSA) is 70.5 Å². The van der Waals surface area contributed by atoms with Crippen LogP contribution in [-0.2, 0) is 9.59 Å². The van der Waals surface area contributed by atoms with E-state index in [0.29, 0.717) is 10.7 Å². The number of aliphatic hydroxyl groups excluding tert-OH is 1. The van der Waals surface area contributed by atoms with Crippen LogP contribution < -0.4 is 4.90 Å². The van der Waals surface area contributed by atoms with Gasteiger partial charge in [0.05, 0.1) is 11.3 Å². The number of aryl methyl sites for hydroxylation is 2. The van der Waals surface area contributed by atoms with Crippen molar-refractivity contribution in [3.05, 3.63) is 87.7 Å². The summed E-state index contributed by atoms with van der Waals surface area (Å²) in [6, 6.07) is 13.2. The molecule has 0 aliphatic carbocycles. The van der Waals surface area contributed by atoms with Gasteiger partial charge in [-0.05, 0) is 19.9 Å². The lowest BCUT2D eigenvalue weighted by molar-refractivity contribution is -0.132. The number of carbonyl (C=O) groups is 2. The second kappa shape index (κ2) is 7.25. The largest absolute Gasteiger partial charge is 0.507 e. The van der Waals surface area contributed by atoms with Gasteiger partial charge in [-0.1, -0.05) is 48.5 Å². The summed E-state index contributed by atoms with van der Waals surface area (Å²) in [6.07, 6.45) is 0. The molecule has 3 aromatic rings. The molecule has 2 aromatic carbocycles. The first-order valence-electron chi connectivity index (χ1n) is 8.95. The third kappa shape index (κ3) is 3.13. The van der Waals surface area contributed by atoms with Crippen LogP contribution in [0.15, 0.2) is 60.2 Å². The number of halogens is 1. The first-order valence-corrected chi connectivity index (χ1v) is 9.76. The molecule has 146 valence electrons. The third-order valence-corrected chi connectivity index (χ3v) is 5.99. The number of benzene rings is 2. The van der Waals surface area contributed by atoms with Gasteiger partial charge in [-0.15, -0.1) is 11.3 Å². The summed E-state index contributed by atoms with van der Waals surface area (Å²) in [5, 5.41) is 11.2. The van der Waals surface area contributed by atoms with Gasteiger partial charge in [-0.2, -0.15) is 0 Å². The van der Waals surface area contributed by atoms with Gasteiger partial charge in [0.25, 0.3) is 5.78 Å². The van der Waals surface area contributed by atoms with Gasteiger partial charge in [-0.3, -0.25) is 14.5 Å². The molecule has 1 aliphatic rings. The number of hydrogen-bond acceptors (Lipinski definition) is 5. The summed E-state index contributed by atoms with van der Waals surface area (Å²) >= 11 is 1.25. The minimum Gasteiger partial charge on any atom is -0.507 e. The number of aromatic nitrogens is 1. The van der Waals surface area contributed by atoms with E-state index in [1.54, 1.807) is 43.3 Å². The van der Waals surface area contributed by atoms with E-state index in [-0.39, 0.29) is 16.9 Å². The molecule has 5 nitrogen and oxygen atoms in total. The Morgan fingerprint density at radius 1 is 1.07 bits per heavy atom. The summed E-state index contributed by atoms with van der Waals surface area (Å²) in [6.45, 7) is 3.66. The molecule has 7 heteroatoms. The molecule has 1 saturated heterocycles. The van der Waals surface area contributed by atoms with E-state index in [0.717, 1.165) is 10.6 Å². The molecule has 2 heterocycles. The van der Waals surface area contributed by atoms with Crippen LogP contribution in [0.4, 0.5) is 9.52 Å². The molecule has 1 amide bonds. The predicted molar refractivity (Wildman–Crippen MR) is 109 cm³/mol. The van der Waals surface area contributed by atoms with Crippen molar-refractivity contribution >= 4 is 33.9 Å². The van der Waals surface area contributed by atoms with Crippen molar-refractivity contribution in [3.63, 3.8) is 0 Å². The SMILES string of the molecule is Cc1nc(N2C(=O)C(=O)C(=C(O)c3ccccc3)[C@@H]2c2ccccc2F)sc1C. The molecule has 1 aromatic heterocycles. The quantitative estimate of drug-likeness (QED) is 0.393. The van der Waals surface area contributed by atoms with Crippen LogP contribution in [0.25, 0.3) is 5.76 Å². The smallest absolute Gasteiger partial charge is 0.301 e. The van der Waals surface area contributed by atoms with Gasteiger partial charge >= 0.3 is 5.91 Å². The summed E-state index contributed by atoms with van der Waals surface area (Å²) in [5.41, 5.74) is 1.06. The monoisotopic (exact) mass is 408 g/mol. The van der Waals surface area contributed by atoms with Gasteiger partial charge in [0.2, 0.25) is 0 Å². The van der Waals surface area contributed by atoms with E-state index >= 15 is 0 Å². The van der Waals surface area contributed by atoms with Gasteiger partial charge in [-0.25, -0.2) is 9.37 Å². The number of amides is 1. The average molecular weight is 408 g/mol. The van der Waals surface area contributed by atoms with Crippen LogP contribution in [0.2, 0.25) is 0 Å². The van der Waals surface area contributed by atoms with E-state index in [4.69, 9.17) is 0 Å². The molecule has 0 spiro atoms. The van der Waals surface area contributed by atoms with Gasteiger partial charge < -0.3 is 5.11 Å². The summed E-state index contributed by atoms with van der Waals surface area (Å²) in [5.74, 6) is -2.63. The molecule has 1 aliphatic heterocycles. The zero-order valence-corrected chi connectivity index (χ0v) is 16.5. The maximum Gasteiger partial charge on any atom is 0.301 e. The van der Waals surface area contributed by atoms with E-state index in [9.17, 15) is 19.1 Å². The van der Waals surface area contributed by atoms with E-state index in [2.05, 4.69) is 4.98 Å². The molecule has 0 radical (unpaired) electrons. The zero-order valence-electron chi connectivity index (χ0n) is 15.7. The molecule has 4 rings (SSSR count). The number of aliphatic hydroxyl groups is 1. The predicted octanol–water partition coefficient (Wildman–Crippen LogP) is 4.53. The second-order valence-electron chi connectivity index (χ2n) is 6.69. The highest BCUT2D eigenvalue weighted by atomic mass is 32.1. The first-order chi connectivity index (χ1) is 13.9. The minimum absolute atomic E-state index is 0.120. The van der Waals surface area contributed by atoms with Crippen molar-refractivity contribution in [3.8, 4) is 0 Å². The Hall–Kier alpha value is -3.32. The molecule has 29 heavy (non-hydrogen) atoms. The Bertz CT molecular complexity index is 1130. The maximum absolute atomic E-state index is 14.7. The fourth-order valence-electron chi connectivity index (χ4n) is 3.33. The van der Waals surface area contributed by atoms with Crippen molar-refractivity contribution in [1.29, 1.82) is 0 Å². The molecule has 1 N–H and O–H groups in total. The number of thiazole rings is 1. The lowest BCUT2D eigenvalue weighted by Gasteiger charge is -2.23. The van der Waals surface area contributed by atoms with Crippen molar-refractivity contribution in [1.82, 2.24) is 4.98 Å². The fourth-order valence-corrected chi connectivity index (χ4v) is 4.27. The Kier molecular flexibility index (Phi) is 4.76. The first kappa shape index (κ1) is 19.0. The molecular weight excluding hydrogens is 391 g/mol. The molecule has 0 saturated carbocycles. The van der Waals surface area contributed by atoms with Crippen LogP contribution >= 0.6 is 11.3 Å². The van der Waals surface area contributed by atoms with Gasteiger partial charge in [0.15, 0.2) is 5.13 Å². The third-order valence-electron chi connectivity index (χ3n) is 4.91. The van der Waals surface area contributed by atoms with Crippen molar-refractivity contribution < 1.29 is 19.1 Å². The highest BCUT2D eigenvalue weighted by Gasteiger charge is 2.49. The highest BCUT2D eigenvalue weighted by Crippen LogP contribution is 2.44. The molecule has 0 unspecified atom stereocenters. The average Bonchev–Trinajstić information content (AvgIpc) is 3.18. The number of anilines is 1. The van der Waals surface area contributed by atoms with Crippen LogP contribution in [0.1, 0.15) is 27.7 Å². The van der Waals surface area contributed by atoms with E-state index in [1.165, 1.54) is 34.4 Å². The Balaban J connectivity index is 1.99. The zero-order chi connectivity index (χ0) is 20.7. The van der Waals surface area contributed by atoms with Crippen molar-refractivity contribution in [2.24, 2.45) is 0 Å². The summed E-state index contributed by atoms with van der Waals surface area (Å²) < 4.78 is 14.7. The number of ketones is 1. The Labute approximate surface area is 170 Å². The van der Waals surface area contributed by atoms with E-state index < -0.39 is 23.5 Å². The molecule has 1 atom stereocenters. The second-order valence-corrected chi connectivity index (χ2v) is 7.88. The normalized spacial score (nSPS) is 18.4. The summed E-state index contributed by atoms with van der Waals surface area (Å²) in [4.78, 5) is 32.3. The number of nitrogens with zero attached hydrogens (tertiary/aromatic N) is 2. The summed E-state index contributed by atoms with van der Waals surface area (Å²) in [7, 11) is 0. The Morgan fingerprint density at radius 3 is 2.34 bits per heavy atom. The standard InChI is InChI=1S/C22H17FN2O3S/c1-12-13(2)29-22(24-12)25-18(15-10-6-7-11-16(15)23)17(20(27)21(25)28)19(26)14-8-4-3-5-9-14/h3-11,18,26H,1-2H3/t18-/m0/s1. The van der Waals surface area contributed by atoms with Crippen LogP contribution in [0.3, 0.4) is 0 Å². The molecule has 1 fully saturated rings. The number of carbonyl (C=O) groups excluding carboxylic acids is 2. The number of rotatable bonds is 3. The van der Waals surface area contributed by atoms with E-state index in [1.807, 2.05) is 6.92 Å². The highest BCUT2D eigenvalue weighted by molar-refractivity contribution is 7.16. The van der Waals surface area contributed by atoms with Crippen molar-refractivity contribution in [2.45, 2.75) is 19.9 Å².